The lowest BCUT2D eigenvalue weighted by atomic mass is 9.93. The molecule has 0 saturated heterocycles. The molecule has 23 heavy (non-hydrogen) atoms. The highest BCUT2D eigenvalue weighted by atomic mass is 16.5. The number of ether oxygens (including phenoxy) is 1. The van der Waals surface area contributed by atoms with E-state index in [1.165, 1.54) is 36.1 Å². The molecule has 122 valence electrons. The number of benzene rings is 2. The van der Waals surface area contributed by atoms with Gasteiger partial charge < -0.3 is 10.1 Å². The first-order valence-electron chi connectivity index (χ1n) is 8.92. The van der Waals surface area contributed by atoms with Gasteiger partial charge in [-0.15, -0.1) is 0 Å². The van der Waals surface area contributed by atoms with Gasteiger partial charge in [0.05, 0.1) is 12.3 Å². The fourth-order valence-electron chi connectivity index (χ4n) is 3.20. The van der Waals surface area contributed by atoms with E-state index in [1.54, 1.807) is 0 Å². The Morgan fingerprint density at radius 2 is 1.96 bits per heavy atom. The van der Waals surface area contributed by atoms with Gasteiger partial charge in [-0.3, -0.25) is 0 Å². The summed E-state index contributed by atoms with van der Waals surface area (Å²) in [5.41, 5.74) is 4.05. The van der Waals surface area contributed by atoms with E-state index in [9.17, 15) is 0 Å². The number of anilines is 1. The largest absolute Gasteiger partial charge is 0.491 e. The number of para-hydroxylation sites is 1. The first kappa shape index (κ1) is 15.9. The van der Waals surface area contributed by atoms with Crippen molar-refractivity contribution in [3.63, 3.8) is 0 Å². The molecule has 2 aromatic carbocycles. The SMILES string of the molecule is CCCCOc1cccc2c1NC(CCc1ccccc1)CC2. The van der Waals surface area contributed by atoms with Crippen LogP contribution in [0.1, 0.15) is 43.7 Å². The highest BCUT2D eigenvalue weighted by Crippen LogP contribution is 2.35. The summed E-state index contributed by atoms with van der Waals surface area (Å²) < 4.78 is 5.99. The minimum atomic E-state index is 0.540. The van der Waals surface area contributed by atoms with Crippen LogP contribution in [0.3, 0.4) is 0 Å². The van der Waals surface area contributed by atoms with Crippen molar-refractivity contribution < 1.29 is 4.74 Å². The highest BCUT2D eigenvalue weighted by molar-refractivity contribution is 5.64. The Labute approximate surface area is 139 Å². The summed E-state index contributed by atoms with van der Waals surface area (Å²) in [6, 6.07) is 17.7. The summed E-state index contributed by atoms with van der Waals surface area (Å²) in [4.78, 5) is 0. The van der Waals surface area contributed by atoms with Crippen LogP contribution in [-0.2, 0) is 12.8 Å². The average Bonchev–Trinajstić information content (AvgIpc) is 2.61. The van der Waals surface area contributed by atoms with Gasteiger partial charge in [0.2, 0.25) is 0 Å². The summed E-state index contributed by atoms with van der Waals surface area (Å²) in [7, 11) is 0. The van der Waals surface area contributed by atoms with E-state index < -0.39 is 0 Å². The number of aryl methyl sites for hydroxylation is 2. The van der Waals surface area contributed by atoms with Crippen LogP contribution in [0.5, 0.6) is 5.75 Å². The molecule has 0 radical (unpaired) electrons. The number of unbranched alkanes of at least 4 members (excludes halogenated alkanes) is 1. The first-order chi connectivity index (χ1) is 11.4. The molecule has 0 saturated carbocycles. The van der Waals surface area contributed by atoms with E-state index in [2.05, 4.69) is 60.8 Å². The molecule has 1 atom stereocenters. The van der Waals surface area contributed by atoms with Crippen molar-refractivity contribution in [1.82, 2.24) is 0 Å². The van der Waals surface area contributed by atoms with Crippen molar-refractivity contribution in [2.75, 3.05) is 11.9 Å². The molecule has 2 aromatic rings. The van der Waals surface area contributed by atoms with Gasteiger partial charge in [0.15, 0.2) is 0 Å². The molecule has 0 bridgehead atoms. The third kappa shape index (κ3) is 4.28. The Morgan fingerprint density at radius 3 is 2.78 bits per heavy atom. The number of rotatable bonds is 7. The maximum atomic E-state index is 5.99. The quantitative estimate of drug-likeness (QED) is 0.708. The van der Waals surface area contributed by atoms with Crippen LogP contribution in [0, 0.1) is 0 Å². The summed E-state index contributed by atoms with van der Waals surface area (Å²) in [6.07, 6.45) is 6.94. The zero-order valence-corrected chi connectivity index (χ0v) is 14.1. The van der Waals surface area contributed by atoms with Crippen molar-refractivity contribution in [2.24, 2.45) is 0 Å². The molecule has 3 rings (SSSR count). The molecule has 1 unspecified atom stereocenters. The summed E-state index contributed by atoms with van der Waals surface area (Å²) >= 11 is 0. The Morgan fingerprint density at radius 1 is 1.09 bits per heavy atom. The molecule has 0 fully saturated rings. The highest BCUT2D eigenvalue weighted by Gasteiger charge is 2.20. The monoisotopic (exact) mass is 309 g/mol. The van der Waals surface area contributed by atoms with Gasteiger partial charge in [-0.2, -0.15) is 0 Å². The maximum absolute atomic E-state index is 5.99. The predicted molar refractivity (Wildman–Crippen MR) is 97.3 cm³/mol. The standard InChI is InChI=1S/C21H27NO/c1-2-3-16-23-20-11-7-10-18-13-15-19(22-21(18)20)14-12-17-8-5-4-6-9-17/h4-11,19,22H,2-3,12-16H2,1H3. The fourth-order valence-corrected chi connectivity index (χ4v) is 3.20. The summed E-state index contributed by atoms with van der Waals surface area (Å²) in [5.74, 6) is 1.03. The van der Waals surface area contributed by atoms with Gasteiger partial charge in [-0.1, -0.05) is 55.8 Å². The Hall–Kier alpha value is -1.96. The molecule has 1 aliphatic rings. The van der Waals surface area contributed by atoms with Crippen LogP contribution in [0.2, 0.25) is 0 Å². The van der Waals surface area contributed by atoms with Crippen LogP contribution in [-0.4, -0.2) is 12.6 Å². The van der Waals surface area contributed by atoms with Crippen LogP contribution < -0.4 is 10.1 Å². The van der Waals surface area contributed by atoms with Gasteiger partial charge in [0, 0.05) is 6.04 Å². The molecular formula is C21H27NO. The van der Waals surface area contributed by atoms with E-state index in [4.69, 9.17) is 4.74 Å². The lowest BCUT2D eigenvalue weighted by Gasteiger charge is -2.29. The minimum Gasteiger partial charge on any atom is -0.491 e. The molecule has 1 aliphatic heterocycles. The molecule has 2 nitrogen and oxygen atoms in total. The van der Waals surface area contributed by atoms with Crippen LogP contribution >= 0.6 is 0 Å². The van der Waals surface area contributed by atoms with Crippen LogP contribution in [0.4, 0.5) is 5.69 Å². The molecule has 0 spiro atoms. The molecule has 1 N–H and O–H groups in total. The average molecular weight is 309 g/mol. The second-order valence-electron chi connectivity index (χ2n) is 6.40. The van der Waals surface area contributed by atoms with E-state index in [0.717, 1.165) is 31.6 Å². The van der Waals surface area contributed by atoms with Crippen molar-refractivity contribution >= 4 is 5.69 Å². The molecule has 1 heterocycles. The Kier molecular flexibility index (Phi) is 5.57. The van der Waals surface area contributed by atoms with Gasteiger partial charge in [0.25, 0.3) is 0 Å². The predicted octanol–water partition coefficient (Wildman–Crippen LogP) is 5.23. The second kappa shape index (κ2) is 8.05. The Balaban J connectivity index is 1.62. The van der Waals surface area contributed by atoms with Gasteiger partial charge >= 0.3 is 0 Å². The molecule has 0 amide bonds. The lowest BCUT2D eigenvalue weighted by Crippen LogP contribution is -2.26. The number of hydrogen-bond donors (Lipinski definition) is 1. The van der Waals surface area contributed by atoms with Crippen LogP contribution in [0.15, 0.2) is 48.5 Å². The zero-order chi connectivity index (χ0) is 15.9. The summed E-state index contributed by atoms with van der Waals surface area (Å²) in [5, 5.41) is 3.74. The summed E-state index contributed by atoms with van der Waals surface area (Å²) in [6.45, 7) is 3.00. The third-order valence-corrected chi connectivity index (χ3v) is 4.60. The zero-order valence-electron chi connectivity index (χ0n) is 14.1. The minimum absolute atomic E-state index is 0.540. The van der Waals surface area contributed by atoms with Gasteiger partial charge in [0.1, 0.15) is 5.75 Å². The normalized spacial score (nSPS) is 16.5. The Bertz CT molecular complexity index is 608. The van der Waals surface area contributed by atoms with Crippen molar-refractivity contribution in [2.45, 2.75) is 51.5 Å². The topological polar surface area (TPSA) is 21.3 Å². The fraction of sp³-hybridized carbons (Fsp3) is 0.429. The lowest BCUT2D eigenvalue weighted by molar-refractivity contribution is 0.309. The van der Waals surface area contributed by atoms with Crippen molar-refractivity contribution in [3.8, 4) is 5.75 Å². The maximum Gasteiger partial charge on any atom is 0.142 e. The molecular weight excluding hydrogens is 282 g/mol. The number of nitrogens with one attached hydrogen (secondary N) is 1. The van der Waals surface area contributed by atoms with E-state index in [1.807, 2.05) is 0 Å². The van der Waals surface area contributed by atoms with E-state index in [0.29, 0.717) is 6.04 Å². The molecule has 2 heteroatoms. The first-order valence-corrected chi connectivity index (χ1v) is 8.92. The van der Waals surface area contributed by atoms with Crippen molar-refractivity contribution in [3.05, 3.63) is 59.7 Å². The second-order valence-corrected chi connectivity index (χ2v) is 6.40. The van der Waals surface area contributed by atoms with E-state index in [-0.39, 0.29) is 0 Å². The number of fused-ring (bicyclic) bond motifs is 1. The molecule has 0 aromatic heterocycles. The van der Waals surface area contributed by atoms with Gasteiger partial charge in [-0.25, -0.2) is 0 Å². The molecule has 0 aliphatic carbocycles. The van der Waals surface area contributed by atoms with E-state index >= 15 is 0 Å². The smallest absolute Gasteiger partial charge is 0.142 e. The van der Waals surface area contributed by atoms with Crippen LogP contribution in [0.25, 0.3) is 0 Å². The van der Waals surface area contributed by atoms with Crippen molar-refractivity contribution in [1.29, 1.82) is 0 Å². The third-order valence-electron chi connectivity index (χ3n) is 4.60. The van der Waals surface area contributed by atoms with Gasteiger partial charge in [-0.05, 0) is 49.3 Å². The number of hydrogen-bond acceptors (Lipinski definition) is 2.